The van der Waals surface area contributed by atoms with Crippen molar-refractivity contribution >= 4 is 33.3 Å². The van der Waals surface area contributed by atoms with Gasteiger partial charge in [-0.25, -0.2) is 4.98 Å². The number of benzene rings is 2. The Kier molecular flexibility index (Phi) is 5.46. The van der Waals surface area contributed by atoms with Crippen molar-refractivity contribution < 1.29 is 4.79 Å². The van der Waals surface area contributed by atoms with Crippen LogP contribution in [0.4, 0.5) is 11.5 Å². The van der Waals surface area contributed by atoms with Gasteiger partial charge < -0.3 is 10.2 Å². The lowest BCUT2D eigenvalue weighted by molar-refractivity contribution is 0.102. The fourth-order valence-corrected chi connectivity index (χ4v) is 2.93. The Hall–Kier alpha value is -2.66. The molecule has 0 fully saturated rings. The van der Waals surface area contributed by atoms with Crippen LogP contribution in [0.25, 0.3) is 0 Å². The zero-order valence-electron chi connectivity index (χ0n) is 13.8. The van der Waals surface area contributed by atoms with E-state index in [9.17, 15) is 4.79 Å². The van der Waals surface area contributed by atoms with Gasteiger partial charge in [-0.15, -0.1) is 0 Å². The molecule has 3 aromatic rings. The molecule has 0 atom stereocenters. The summed E-state index contributed by atoms with van der Waals surface area (Å²) in [5, 5.41) is 2.86. The van der Waals surface area contributed by atoms with E-state index in [0.29, 0.717) is 11.3 Å². The highest BCUT2D eigenvalue weighted by atomic mass is 79.9. The van der Waals surface area contributed by atoms with Crippen LogP contribution in [-0.4, -0.2) is 17.9 Å². The van der Waals surface area contributed by atoms with Gasteiger partial charge >= 0.3 is 0 Å². The largest absolute Gasteiger partial charge is 0.355 e. The van der Waals surface area contributed by atoms with Gasteiger partial charge in [0.25, 0.3) is 5.91 Å². The first-order valence-corrected chi connectivity index (χ1v) is 8.70. The molecule has 1 N–H and O–H groups in total. The summed E-state index contributed by atoms with van der Waals surface area (Å²) in [7, 11) is 1.99. The molecule has 25 heavy (non-hydrogen) atoms. The second-order valence-electron chi connectivity index (χ2n) is 5.68. The molecule has 5 heteroatoms. The third-order valence-electron chi connectivity index (χ3n) is 3.78. The average Bonchev–Trinajstić information content (AvgIpc) is 2.63. The maximum atomic E-state index is 12.3. The number of amides is 1. The third kappa shape index (κ3) is 4.45. The van der Waals surface area contributed by atoms with E-state index >= 15 is 0 Å². The minimum atomic E-state index is -0.167. The molecule has 0 saturated heterocycles. The Morgan fingerprint density at radius 2 is 1.76 bits per heavy atom. The van der Waals surface area contributed by atoms with Crippen molar-refractivity contribution in [3.05, 3.63) is 88.5 Å². The Labute approximate surface area is 155 Å². The van der Waals surface area contributed by atoms with Crippen molar-refractivity contribution in [1.82, 2.24) is 4.98 Å². The second-order valence-corrected chi connectivity index (χ2v) is 6.54. The van der Waals surface area contributed by atoms with Gasteiger partial charge in [-0.3, -0.25) is 4.79 Å². The topological polar surface area (TPSA) is 45.2 Å². The van der Waals surface area contributed by atoms with Gasteiger partial charge in [0.05, 0.1) is 17.4 Å². The second kappa shape index (κ2) is 7.94. The summed E-state index contributed by atoms with van der Waals surface area (Å²) in [6.07, 6.45) is 1.67. The molecule has 1 heterocycles. The third-order valence-corrected chi connectivity index (χ3v) is 4.47. The van der Waals surface area contributed by atoms with Crippen molar-refractivity contribution in [2.45, 2.75) is 6.54 Å². The smallest absolute Gasteiger partial charge is 0.256 e. The number of hydrogen-bond acceptors (Lipinski definition) is 3. The predicted octanol–water partition coefficient (Wildman–Crippen LogP) is 4.73. The SMILES string of the molecule is CN(Cc1ccccc1)c1ccc(NC(=O)c2ccccc2Br)cn1. The summed E-state index contributed by atoms with van der Waals surface area (Å²) >= 11 is 3.39. The van der Waals surface area contributed by atoms with E-state index in [1.165, 1.54) is 5.56 Å². The van der Waals surface area contributed by atoms with E-state index < -0.39 is 0 Å². The number of anilines is 2. The number of rotatable bonds is 5. The van der Waals surface area contributed by atoms with Crippen molar-refractivity contribution in [3.63, 3.8) is 0 Å². The van der Waals surface area contributed by atoms with Crippen LogP contribution in [0.3, 0.4) is 0 Å². The predicted molar refractivity (Wildman–Crippen MR) is 105 cm³/mol. The van der Waals surface area contributed by atoms with Crippen LogP contribution >= 0.6 is 15.9 Å². The van der Waals surface area contributed by atoms with Crippen LogP contribution in [0.2, 0.25) is 0 Å². The summed E-state index contributed by atoms with van der Waals surface area (Å²) < 4.78 is 0.764. The fourth-order valence-electron chi connectivity index (χ4n) is 2.47. The number of aromatic nitrogens is 1. The lowest BCUT2D eigenvalue weighted by Crippen LogP contribution is -2.18. The van der Waals surface area contributed by atoms with E-state index in [4.69, 9.17) is 0 Å². The van der Waals surface area contributed by atoms with Crippen molar-refractivity contribution in [1.29, 1.82) is 0 Å². The number of carbonyl (C=O) groups is 1. The van der Waals surface area contributed by atoms with Gasteiger partial charge in [-0.2, -0.15) is 0 Å². The Morgan fingerprint density at radius 3 is 2.44 bits per heavy atom. The summed E-state index contributed by atoms with van der Waals surface area (Å²) in [4.78, 5) is 18.8. The van der Waals surface area contributed by atoms with Crippen LogP contribution in [0.1, 0.15) is 15.9 Å². The maximum Gasteiger partial charge on any atom is 0.256 e. The van der Waals surface area contributed by atoms with E-state index in [0.717, 1.165) is 16.8 Å². The lowest BCUT2D eigenvalue weighted by atomic mass is 10.2. The van der Waals surface area contributed by atoms with Crippen LogP contribution in [-0.2, 0) is 6.54 Å². The highest BCUT2D eigenvalue weighted by molar-refractivity contribution is 9.10. The van der Waals surface area contributed by atoms with Crippen molar-refractivity contribution in [2.75, 3.05) is 17.3 Å². The molecule has 0 saturated carbocycles. The number of carbonyl (C=O) groups excluding carboxylic acids is 1. The molecule has 0 spiro atoms. The van der Waals surface area contributed by atoms with Gasteiger partial charge in [0.1, 0.15) is 5.82 Å². The van der Waals surface area contributed by atoms with Crippen molar-refractivity contribution in [3.8, 4) is 0 Å². The van der Waals surface area contributed by atoms with Gasteiger partial charge in [0.15, 0.2) is 0 Å². The lowest BCUT2D eigenvalue weighted by Gasteiger charge is -2.18. The molecular formula is C20H18BrN3O. The molecule has 0 aliphatic rings. The Morgan fingerprint density at radius 1 is 1.04 bits per heavy atom. The number of hydrogen-bond donors (Lipinski definition) is 1. The Bertz CT molecular complexity index is 850. The standard InChI is InChI=1S/C20H18BrN3O/c1-24(14-15-7-3-2-4-8-15)19-12-11-16(13-22-19)23-20(25)17-9-5-6-10-18(17)21/h2-13H,14H2,1H3,(H,23,25). The molecule has 2 aromatic carbocycles. The molecule has 4 nitrogen and oxygen atoms in total. The average molecular weight is 396 g/mol. The van der Waals surface area contributed by atoms with E-state index in [2.05, 4.69) is 43.3 Å². The molecule has 1 amide bonds. The molecule has 1 aromatic heterocycles. The molecule has 0 aliphatic heterocycles. The summed E-state index contributed by atoms with van der Waals surface area (Å²) in [5.74, 6) is 0.683. The summed E-state index contributed by atoms with van der Waals surface area (Å²) in [6, 6.07) is 21.3. The van der Waals surface area contributed by atoms with Crippen LogP contribution in [0, 0.1) is 0 Å². The van der Waals surface area contributed by atoms with E-state index in [1.807, 2.05) is 55.6 Å². The van der Waals surface area contributed by atoms with E-state index in [-0.39, 0.29) is 5.91 Å². The fraction of sp³-hybridized carbons (Fsp3) is 0.100. The molecular weight excluding hydrogens is 378 g/mol. The summed E-state index contributed by atoms with van der Waals surface area (Å²) in [5.41, 5.74) is 2.48. The zero-order valence-corrected chi connectivity index (χ0v) is 15.4. The highest BCUT2D eigenvalue weighted by Gasteiger charge is 2.10. The molecule has 3 rings (SSSR count). The van der Waals surface area contributed by atoms with Gasteiger partial charge in [-0.1, -0.05) is 42.5 Å². The number of nitrogens with one attached hydrogen (secondary N) is 1. The molecule has 0 unspecified atom stereocenters. The number of pyridine rings is 1. The first-order valence-electron chi connectivity index (χ1n) is 7.90. The van der Waals surface area contributed by atoms with Crippen LogP contribution in [0.5, 0.6) is 0 Å². The molecule has 0 aliphatic carbocycles. The Balaban J connectivity index is 1.66. The molecule has 126 valence electrons. The minimum Gasteiger partial charge on any atom is -0.355 e. The highest BCUT2D eigenvalue weighted by Crippen LogP contribution is 2.19. The first kappa shape index (κ1) is 17.2. The monoisotopic (exact) mass is 395 g/mol. The normalized spacial score (nSPS) is 10.3. The van der Waals surface area contributed by atoms with Crippen LogP contribution in [0.15, 0.2) is 77.4 Å². The van der Waals surface area contributed by atoms with Crippen LogP contribution < -0.4 is 10.2 Å². The molecule has 0 bridgehead atoms. The molecule has 0 radical (unpaired) electrons. The first-order chi connectivity index (χ1) is 12.1. The van der Waals surface area contributed by atoms with Gasteiger partial charge in [0.2, 0.25) is 0 Å². The van der Waals surface area contributed by atoms with Crippen molar-refractivity contribution in [2.24, 2.45) is 0 Å². The number of halogens is 1. The van der Waals surface area contributed by atoms with Gasteiger partial charge in [0, 0.05) is 18.1 Å². The van der Waals surface area contributed by atoms with Gasteiger partial charge in [-0.05, 0) is 45.8 Å². The maximum absolute atomic E-state index is 12.3. The van der Waals surface area contributed by atoms with E-state index in [1.54, 1.807) is 12.3 Å². The number of nitrogens with zero attached hydrogens (tertiary/aromatic N) is 2. The minimum absolute atomic E-state index is 0.167. The quantitative estimate of drug-likeness (QED) is 0.678. The zero-order chi connectivity index (χ0) is 17.6. The summed E-state index contributed by atoms with van der Waals surface area (Å²) in [6.45, 7) is 0.774.